The second-order valence-corrected chi connectivity index (χ2v) is 5.19. The molecular weight excluding hydrogens is 268 g/mol. The Morgan fingerprint density at radius 2 is 2.32 bits per heavy atom. The summed E-state index contributed by atoms with van der Waals surface area (Å²) in [5.74, 6) is 0.300. The van der Waals surface area contributed by atoms with Crippen LogP contribution in [0.3, 0.4) is 0 Å². The Bertz CT molecular complexity index is 519. The first-order chi connectivity index (χ1) is 9.02. The summed E-state index contributed by atoms with van der Waals surface area (Å²) >= 11 is 5.90. The number of nitrogens with zero attached hydrogens (tertiary/aromatic N) is 1. The van der Waals surface area contributed by atoms with Crippen molar-refractivity contribution in [3.05, 3.63) is 38.9 Å². The van der Waals surface area contributed by atoms with Crippen molar-refractivity contribution < 1.29 is 9.72 Å². The second-order valence-electron chi connectivity index (χ2n) is 4.79. The monoisotopic (exact) mass is 282 g/mol. The molecule has 0 heterocycles. The summed E-state index contributed by atoms with van der Waals surface area (Å²) in [6.45, 7) is 2.12. The number of nitro benzene ring substituents is 1. The van der Waals surface area contributed by atoms with Crippen molar-refractivity contribution in [1.29, 1.82) is 0 Å². The smallest absolute Gasteiger partial charge is 0.270 e. The van der Waals surface area contributed by atoms with Crippen molar-refractivity contribution in [2.75, 3.05) is 0 Å². The van der Waals surface area contributed by atoms with Crippen LogP contribution in [-0.4, -0.2) is 16.9 Å². The van der Waals surface area contributed by atoms with E-state index in [1.165, 1.54) is 18.2 Å². The number of hydrogen-bond acceptors (Lipinski definition) is 3. The lowest BCUT2D eigenvalue weighted by molar-refractivity contribution is -0.384. The molecule has 1 aromatic rings. The molecule has 1 aliphatic carbocycles. The summed E-state index contributed by atoms with van der Waals surface area (Å²) in [6, 6.07) is 4.11. The van der Waals surface area contributed by atoms with Crippen molar-refractivity contribution in [3.63, 3.8) is 0 Å². The Morgan fingerprint density at radius 1 is 1.58 bits per heavy atom. The zero-order valence-corrected chi connectivity index (χ0v) is 11.3. The van der Waals surface area contributed by atoms with Crippen molar-refractivity contribution in [2.24, 2.45) is 5.92 Å². The van der Waals surface area contributed by atoms with E-state index in [9.17, 15) is 14.9 Å². The Kier molecular flexibility index (Phi) is 4.04. The fourth-order valence-electron chi connectivity index (χ4n) is 2.16. The molecular formula is C13H15ClN2O3. The van der Waals surface area contributed by atoms with Crippen molar-refractivity contribution in [3.8, 4) is 0 Å². The summed E-state index contributed by atoms with van der Waals surface area (Å²) in [5.41, 5.74) is 0.172. The standard InChI is InChI=1S/C13H15ClN2O3/c1-2-3-8-6-12(8)15-13(17)10-5-4-9(16(18)19)7-11(10)14/h4-5,7-8,12H,2-3,6H2,1H3,(H,15,17). The first kappa shape index (κ1) is 13.8. The maximum atomic E-state index is 12.0. The molecule has 0 saturated heterocycles. The Morgan fingerprint density at radius 3 is 2.89 bits per heavy atom. The van der Waals surface area contributed by atoms with Gasteiger partial charge < -0.3 is 5.32 Å². The van der Waals surface area contributed by atoms with Gasteiger partial charge in [-0.15, -0.1) is 0 Å². The van der Waals surface area contributed by atoms with Crippen LogP contribution in [0.25, 0.3) is 0 Å². The highest BCUT2D eigenvalue weighted by Crippen LogP contribution is 2.35. The summed E-state index contributed by atoms with van der Waals surface area (Å²) in [4.78, 5) is 22.0. The SMILES string of the molecule is CCCC1CC1NC(=O)c1ccc([N+](=O)[O-])cc1Cl. The van der Waals surface area contributed by atoms with Crippen LogP contribution in [0.1, 0.15) is 36.5 Å². The molecule has 1 aliphatic rings. The van der Waals surface area contributed by atoms with Crippen LogP contribution in [0.5, 0.6) is 0 Å². The number of non-ortho nitro benzene ring substituents is 1. The maximum Gasteiger partial charge on any atom is 0.270 e. The molecule has 0 spiro atoms. The highest BCUT2D eigenvalue weighted by atomic mass is 35.5. The van der Waals surface area contributed by atoms with Gasteiger partial charge in [-0.3, -0.25) is 14.9 Å². The van der Waals surface area contributed by atoms with Gasteiger partial charge in [0.15, 0.2) is 0 Å². The summed E-state index contributed by atoms with van der Waals surface area (Å²) in [6.07, 6.45) is 3.22. The Hall–Kier alpha value is -1.62. The van der Waals surface area contributed by atoms with Crippen molar-refractivity contribution >= 4 is 23.2 Å². The third kappa shape index (κ3) is 3.23. The first-order valence-corrected chi connectivity index (χ1v) is 6.65. The summed E-state index contributed by atoms with van der Waals surface area (Å²) in [5, 5.41) is 13.6. The molecule has 2 atom stereocenters. The minimum absolute atomic E-state index is 0.111. The van der Waals surface area contributed by atoms with Gasteiger partial charge in [-0.1, -0.05) is 24.9 Å². The number of nitrogens with one attached hydrogen (secondary N) is 1. The highest BCUT2D eigenvalue weighted by molar-refractivity contribution is 6.34. The van der Waals surface area contributed by atoms with Gasteiger partial charge in [0, 0.05) is 18.2 Å². The number of carbonyl (C=O) groups excluding carboxylic acids is 1. The molecule has 0 bridgehead atoms. The van der Waals surface area contributed by atoms with Crippen molar-refractivity contribution in [1.82, 2.24) is 5.32 Å². The number of carbonyl (C=O) groups is 1. The summed E-state index contributed by atoms with van der Waals surface area (Å²) in [7, 11) is 0. The van der Waals surface area contributed by atoms with Crippen molar-refractivity contribution in [2.45, 2.75) is 32.2 Å². The van der Waals surface area contributed by atoms with E-state index in [1.54, 1.807) is 0 Å². The molecule has 1 amide bonds. The number of benzene rings is 1. The lowest BCUT2D eigenvalue weighted by Crippen LogP contribution is -2.27. The van der Waals surface area contributed by atoms with E-state index in [0.29, 0.717) is 5.92 Å². The number of halogens is 1. The molecule has 6 heteroatoms. The number of amides is 1. The second kappa shape index (κ2) is 5.57. The molecule has 0 aromatic heterocycles. The molecule has 2 rings (SSSR count). The van der Waals surface area contributed by atoms with Gasteiger partial charge in [-0.2, -0.15) is 0 Å². The van der Waals surface area contributed by atoms with Gasteiger partial charge in [-0.25, -0.2) is 0 Å². The molecule has 1 aromatic carbocycles. The van der Waals surface area contributed by atoms with E-state index < -0.39 is 4.92 Å². The third-order valence-electron chi connectivity index (χ3n) is 3.31. The minimum Gasteiger partial charge on any atom is -0.349 e. The lowest BCUT2D eigenvalue weighted by Gasteiger charge is -2.06. The molecule has 0 radical (unpaired) electrons. The molecule has 2 unspecified atom stereocenters. The average molecular weight is 283 g/mol. The molecule has 1 N–H and O–H groups in total. The molecule has 102 valence electrons. The van der Waals surface area contributed by atoms with E-state index >= 15 is 0 Å². The predicted octanol–water partition coefficient (Wildman–Crippen LogP) is 3.17. The first-order valence-electron chi connectivity index (χ1n) is 6.27. The average Bonchev–Trinajstić information content (AvgIpc) is 3.07. The van der Waals surface area contributed by atoms with Crippen LogP contribution >= 0.6 is 11.6 Å². The lowest BCUT2D eigenvalue weighted by atomic mass is 10.2. The van der Waals surface area contributed by atoms with E-state index in [4.69, 9.17) is 11.6 Å². The van der Waals surface area contributed by atoms with Crippen LogP contribution in [0.4, 0.5) is 5.69 Å². The maximum absolute atomic E-state index is 12.0. The Balaban J connectivity index is 2.02. The van der Waals surface area contributed by atoms with E-state index in [0.717, 1.165) is 19.3 Å². The van der Waals surface area contributed by atoms with E-state index in [1.807, 2.05) is 0 Å². The predicted molar refractivity (Wildman–Crippen MR) is 72.4 cm³/mol. The van der Waals surface area contributed by atoms with Crippen LogP contribution in [0, 0.1) is 16.0 Å². The fourth-order valence-corrected chi connectivity index (χ4v) is 2.42. The quantitative estimate of drug-likeness (QED) is 0.666. The van der Waals surface area contributed by atoms with Gasteiger partial charge in [0.05, 0.1) is 15.5 Å². The Labute approximate surface area is 116 Å². The topological polar surface area (TPSA) is 72.2 Å². The van der Waals surface area contributed by atoms with Crippen LogP contribution in [0.15, 0.2) is 18.2 Å². The minimum atomic E-state index is -0.536. The van der Waals surface area contributed by atoms with E-state index in [2.05, 4.69) is 12.2 Å². The normalized spacial score (nSPS) is 20.9. The number of hydrogen-bond donors (Lipinski definition) is 1. The van der Waals surface area contributed by atoms with Gasteiger partial charge in [0.2, 0.25) is 0 Å². The number of rotatable bonds is 5. The van der Waals surface area contributed by atoms with E-state index in [-0.39, 0.29) is 28.2 Å². The largest absolute Gasteiger partial charge is 0.349 e. The van der Waals surface area contributed by atoms with Gasteiger partial charge in [0.25, 0.3) is 11.6 Å². The molecule has 0 aliphatic heterocycles. The zero-order valence-electron chi connectivity index (χ0n) is 10.6. The van der Waals surface area contributed by atoms with Crippen LogP contribution in [-0.2, 0) is 0 Å². The number of nitro groups is 1. The third-order valence-corrected chi connectivity index (χ3v) is 3.62. The van der Waals surface area contributed by atoms with Gasteiger partial charge in [0.1, 0.15) is 0 Å². The molecule has 5 nitrogen and oxygen atoms in total. The fraction of sp³-hybridized carbons (Fsp3) is 0.462. The molecule has 19 heavy (non-hydrogen) atoms. The van der Waals surface area contributed by atoms with Crippen LogP contribution < -0.4 is 5.32 Å². The zero-order chi connectivity index (χ0) is 14.0. The summed E-state index contributed by atoms with van der Waals surface area (Å²) < 4.78 is 0. The van der Waals surface area contributed by atoms with Crippen LogP contribution in [0.2, 0.25) is 5.02 Å². The molecule has 1 fully saturated rings. The molecule has 1 saturated carbocycles. The van der Waals surface area contributed by atoms with Gasteiger partial charge in [-0.05, 0) is 24.8 Å². The van der Waals surface area contributed by atoms with Gasteiger partial charge >= 0.3 is 0 Å². The highest BCUT2D eigenvalue weighted by Gasteiger charge is 2.37.